The fourth-order valence-corrected chi connectivity index (χ4v) is 5.19. The molecular formula is C15H18N2O2S2. The van der Waals surface area contributed by atoms with Gasteiger partial charge in [0.05, 0.1) is 18.0 Å². The first-order valence-electron chi connectivity index (χ1n) is 7.62. The van der Waals surface area contributed by atoms with Crippen LogP contribution in [0.5, 0.6) is 0 Å². The molecule has 0 spiro atoms. The molecular weight excluding hydrogens is 304 g/mol. The summed E-state index contributed by atoms with van der Waals surface area (Å²) in [6, 6.07) is 0.0820. The number of H-pyrrole nitrogens is 1. The molecule has 6 heteroatoms. The number of fused-ring (bicyclic) bond motifs is 3. The minimum atomic E-state index is 0.0820. The Bertz CT molecular complexity index is 796. The number of nitrogens with zero attached hydrogens (tertiary/aromatic N) is 1. The van der Waals surface area contributed by atoms with Crippen LogP contribution in [-0.2, 0) is 17.6 Å². The number of hydrogen-bond acceptors (Lipinski definition) is 4. The summed E-state index contributed by atoms with van der Waals surface area (Å²) in [5, 5.41) is 0.883. The molecule has 1 aliphatic heterocycles. The highest BCUT2D eigenvalue weighted by Gasteiger charge is 2.24. The van der Waals surface area contributed by atoms with Crippen LogP contribution >= 0.6 is 23.6 Å². The Morgan fingerprint density at radius 1 is 1.29 bits per heavy atom. The van der Waals surface area contributed by atoms with Crippen molar-refractivity contribution in [3.8, 4) is 0 Å². The van der Waals surface area contributed by atoms with Crippen molar-refractivity contribution in [1.82, 2.24) is 9.55 Å². The molecule has 1 N–H and O–H groups in total. The van der Waals surface area contributed by atoms with Gasteiger partial charge < -0.3 is 9.72 Å². The van der Waals surface area contributed by atoms with Gasteiger partial charge in [0.25, 0.3) is 5.56 Å². The Labute approximate surface area is 131 Å². The van der Waals surface area contributed by atoms with Crippen molar-refractivity contribution in [1.29, 1.82) is 0 Å². The van der Waals surface area contributed by atoms with Crippen LogP contribution in [0.3, 0.4) is 0 Å². The van der Waals surface area contributed by atoms with Crippen molar-refractivity contribution >= 4 is 33.8 Å². The Morgan fingerprint density at radius 2 is 2.14 bits per heavy atom. The highest BCUT2D eigenvalue weighted by Crippen LogP contribution is 2.34. The molecule has 112 valence electrons. The lowest BCUT2D eigenvalue weighted by Gasteiger charge is -2.24. The Kier molecular flexibility index (Phi) is 3.47. The van der Waals surface area contributed by atoms with Crippen molar-refractivity contribution in [3.05, 3.63) is 25.6 Å². The first kappa shape index (κ1) is 13.7. The molecule has 0 bridgehead atoms. The van der Waals surface area contributed by atoms with Crippen LogP contribution < -0.4 is 5.56 Å². The Morgan fingerprint density at radius 3 is 2.95 bits per heavy atom. The van der Waals surface area contributed by atoms with E-state index in [9.17, 15) is 4.79 Å². The molecule has 0 saturated carbocycles. The van der Waals surface area contributed by atoms with Crippen molar-refractivity contribution < 1.29 is 4.74 Å². The van der Waals surface area contributed by atoms with E-state index in [0.717, 1.165) is 42.5 Å². The van der Waals surface area contributed by atoms with Crippen LogP contribution in [0.1, 0.15) is 42.2 Å². The monoisotopic (exact) mass is 322 g/mol. The maximum absolute atomic E-state index is 13.0. The third-order valence-electron chi connectivity index (χ3n) is 4.54. The van der Waals surface area contributed by atoms with Crippen molar-refractivity contribution in [2.45, 2.75) is 44.6 Å². The third-order valence-corrected chi connectivity index (χ3v) is 6.05. The highest BCUT2D eigenvalue weighted by molar-refractivity contribution is 7.71. The topological polar surface area (TPSA) is 47.0 Å². The summed E-state index contributed by atoms with van der Waals surface area (Å²) in [5.41, 5.74) is 1.35. The maximum Gasteiger partial charge on any atom is 0.263 e. The summed E-state index contributed by atoms with van der Waals surface area (Å²) in [6.07, 6.45) is 6.49. The van der Waals surface area contributed by atoms with E-state index in [0.29, 0.717) is 11.4 Å². The number of rotatable bonds is 1. The standard InChI is InChI=1S/C15H18N2O2S2/c18-14-12-10-5-1-2-6-11(10)21-13(12)16-15(20)17(14)9-4-3-7-19-8-9/h9H,1-8H2,(H,16,20). The third kappa shape index (κ3) is 2.20. The molecule has 1 aliphatic carbocycles. The van der Waals surface area contributed by atoms with E-state index in [-0.39, 0.29) is 11.6 Å². The fourth-order valence-electron chi connectivity index (χ4n) is 3.51. The molecule has 0 aromatic carbocycles. The summed E-state index contributed by atoms with van der Waals surface area (Å²) in [4.78, 5) is 18.6. The zero-order valence-corrected chi connectivity index (χ0v) is 13.4. The van der Waals surface area contributed by atoms with Crippen LogP contribution in [0.15, 0.2) is 4.79 Å². The van der Waals surface area contributed by atoms with E-state index in [1.54, 1.807) is 15.9 Å². The molecule has 3 heterocycles. The van der Waals surface area contributed by atoms with Gasteiger partial charge in [-0.05, 0) is 56.3 Å². The minimum absolute atomic E-state index is 0.0820. The number of aromatic nitrogens is 2. The normalized spacial score (nSPS) is 22.4. The first-order chi connectivity index (χ1) is 10.3. The molecule has 1 unspecified atom stereocenters. The molecule has 4 rings (SSSR count). The number of aryl methyl sites for hydroxylation is 2. The van der Waals surface area contributed by atoms with Gasteiger partial charge in [0, 0.05) is 11.5 Å². The number of nitrogens with one attached hydrogen (secondary N) is 1. The lowest BCUT2D eigenvalue weighted by Crippen LogP contribution is -2.31. The number of thiophene rings is 1. The zero-order chi connectivity index (χ0) is 14.4. The SMILES string of the molecule is O=c1c2c3c(sc2[nH]c(=S)n1C1CCCOC1)CCCC3. The molecule has 1 atom stereocenters. The van der Waals surface area contributed by atoms with Crippen LogP contribution in [0.2, 0.25) is 0 Å². The van der Waals surface area contributed by atoms with Gasteiger partial charge in [-0.15, -0.1) is 11.3 Å². The predicted octanol–water partition coefficient (Wildman–Crippen LogP) is 3.35. The quantitative estimate of drug-likeness (QED) is 0.819. The van der Waals surface area contributed by atoms with Gasteiger partial charge in [0.2, 0.25) is 0 Å². The van der Waals surface area contributed by atoms with Gasteiger partial charge in [-0.25, -0.2) is 0 Å². The Balaban J connectivity index is 1.95. The molecule has 0 radical (unpaired) electrons. The lowest BCUT2D eigenvalue weighted by molar-refractivity contribution is 0.0573. The van der Waals surface area contributed by atoms with Gasteiger partial charge in [-0.1, -0.05) is 0 Å². The summed E-state index contributed by atoms with van der Waals surface area (Å²) in [6.45, 7) is 1.38. The van der Waals surface area contributed by atoms with Crippen molar-refractivity contribution in [2.24, 2.45) is 0 Å². The predicted molar refractivity (Wildman–Crippen MR) is 87.0 cm³/mol. The molecule has 4 nitrogen and oxygen atoms in total. The second-order valence-corrected chi connectivity index (χ2v) is 7.38. The van der Waals surface area contributed by atoms with Crippen LogP contribution in [-0.4, -0.2) is 22.8 Å². The van der Waals surface area contributed by atoms with E-state index < -0.39 is 0 Å². The minimum Gasteiger partial charge on any atom is -0.379 e. The number of ether oxygens (including phenoxy) is 1. The second-order valence-electron chi connectivity index (χ2n) is 5.89. The van der Waals surface area contributed by atoms with E-state index in [1.165, 1.54) is 23.3 Å². The van der Waals surface area contributed by atoms with E-state index in [2.05, 4.69) is 4.98 Å². The van der Waals surface area contributed by atoms with Gasteiger partial charge in [-0.2, -0.15) is 0 Å². The number of aromatic amines is 1. The van der Waals surface area contributed by atoms with Gasteiger partial charge in [-0.3, -0.25) is 9.36 Å². The molecule has 1 fully saturated rings. The molecule has 2 aliphatic rings. The first-order valence-corrected chi connectivity index (χ1v) is 8.85. The van der Waals surface area contributed by atoms with Crippen LogP contribution in [0.4, 0.5) is 0 Å². The molecule has 1 saturated heterocycles. The van der Waals surface area contributed by atoms with E-state index in [4.69, 9.17) is 17.0 Å². The second kappa shape index (κ2) is 5.34. The summed E-state index contributed by atoms with van der Waals surface area (Å²) < 4.78 is 7.84. The smallest absolute Gasteiger partial charge is 0.263 e. The average molecular weight is 322 g/mol. The summed E-state index contributed by atoms with van der Waals surface area (Å²) in [5.74, 6) is 0. The molecule has 0 amide bonds. The van der Waals surface area contributed by atoms with Gasteiger partial charge in [0.15, 0.2) is 4.77 Å². The summed E-state index contributed by atoms with van der Waals surface area (Å²) >= 11 is 7.16. The van der Waals surface area contributed by atoms with Crippen molar-refractivity contribution in [3.63, 3.8) is 0 Å². The van der Waals surface area contributed by atoms with Crippen LogP contribution in [0.25, 0.3) is 10.2 Å². The molecule has 2 aromatic rings. The largest absolute Gasteiger partial charge is 0.379 e. The summed E-state index contributed by atoms with van der Waals surface area (Å²) in [7, 11) is 0. The lowest BCUT2D eigenvalue weighted by atomic mass is 9.97. The molecule has 21 heavy (non-hydrogen) atoms. The molecule has 2 aromatic heterocycles. The zero-order valence-electron chi connectivity index (χ0n) is 11.8. The van der Waals surface area contributed by atoms with Gasteiger partial charge >= 0.3 is 0 Å². The maximum atomic E-state index is 13.0. The van der Waals surface area contributed by atoms with Gasteiger partial charge in [0.1, 0.15) is 4.83 Å². The average Bonchev–Trinajstić information content (AvgIpc) is 2.86. The van der Waals surface area contributed by atoms with E-state index >= 15 is 0 Å². The fraction of sp³-hybridized carbons (Fsp3) is 0.600. The van der Waals surface area contributed by atoms with Crippen molar-refractivity contribution in [2.75, 3.05) is 13.2 Å². The number of hydrogen-bond donors (Lipinski definition) is 1. The van der Waals surface area contributed by atoms with Crippen LogP contribution in [0, 0.1) is 4.77 Å². The van der Waals surface area contributed by atoms with E-state index in [1.807, 2.05) is 0 Å². The Hall–Kier alpha value is -0.980. The highest BCUT2D eigenvalue weighted by atomic mass is 32.1.